The Morgan fingerprint density at radius 2 is 2.32 bits per heavy atom. The van der Waals surface area contributed by atoms with Crippen LogP contribution in [0.1, 0.15) is 28.6 Å². The van der Waals surface area contributed by atoms with Crippen LogP contribution < -0.4 is 0 Å². The molecule has 1 aromatic rings. The maximum absolute atomic E-state index is 12.5. The third-order valence-corrected chi connectivity index (χ3v) is 4.24. The average Bonchev–Trinajstić information content (AvgIpc) is 2.69. The maximum Gasteiger partial charge on any atom is 0.311 e. The van der Waals surface area contributed by atoms with Crippen LogP contribution in [0, 0.1) is 6.92 Å². The monoisotopic (exact) mass is 283 g/mol. The Labute approximate surface area is 116 Å². The summed E-state index contributed by atoms with van der Waals surface area (Å²) in [4.78, 5) is 25.1. The molecule has 1 atom stereocenters. The van der Waals surface area contributed by atoms with Crippen molar-refractivity contribution in [3.63, 3.8) is 0 Å². The Bertz CT molecular complexity index is 497. The smallest absolute Gasteiger partial charge is 0.311 e. The van der Waals surface area contributed by atoms with Crippen molar-refractivity contribution in [1.82, 2.24) is 4.90 Å². The quantitative estimate of drug-likeness (QED) is 0.915. The van der Waals surface area contributed by atoms with Gasteiger partial charge in [-0.1, -0.05) is 6.92 Å². The lowest BCUT2D eigenvalue weighted by Crippen LogP contribution is -2.41. The Morgan fingerprint density at radius 1 is 1.58 bits per heavy atom. The van der Waals surface area contributed by atoms with Crippen LogP contribution in [0.15, 0.2) is 10.7 Å². The Morgan fingerprint density at radius 3 is 2.95 bits per heavy atom. The van der Waals surface area contributed by atoms with Crippen molar-refractivity contribution in [3.05, 3.63) is 23.2 Å². The molecule has 1 aromatic heterocycles. The molecular formula is C13H17NO4S. The van der Waals surface area contributed by atoms with E-state index in [4.69, 9.17) is 9.52 Å². The fourth-order valence-electron chi connectivity index (χ4n) is 2.21. The van der Waals surface area contributed by atoms with Crippen molar-refractivity contribution in [3.8, 4) is 0 Å². The summed E-state index contributed by atoms with van der Waals surface area (Å²) in [5, 5.41) is 9.26. The molecule has 19 heavy (non-hydrogen) atoms. The fourth-order valence-corrected chi connectivity index (χ4v) is 3.23. The molecule has 5 nitrogen and oxygen atoms in total. The van der Waals surface area contributed by atoms with Crippen LogP contribution in [-0.2, 0) is 11.2 Å². The lowest BCUT2D eigenvalue weighted by Gasteiger charge is -2.30. The van der Waals surface area contributed by atoms with E-state index in [0.29, 0.717) is 29.5 Å². The number of furan rings is 1. The van der Waals surface area contributed by atoms with Gasteiger partial charge in [0, 0.05) is 29.7 Å². The molecule has 1 unspecified atom stereocenters. The number of rotatable bonds is 3. The number of carbonyl (C=O) groups is 2. The second-order valence-corrected chi connectivity index (χ2v) is 6.27. The number of aryl methyl sites for hydroxylation is 1. The third kappa shape index (κ3) is 3.12. The van der Waals surface area contributed by atoms with Crippen LogP contribution in [0.3, 0.4) is 0 Å². The first-order valence-electron chi connectivity index (χ1n) is 6.18. The van der Waals surface area contributed by atoms with Crippen LogP contribution >= 0.6 is 11.8 Å². The summed E-state index contributed by atoms with van der Waals surface area (Å²) in [6.07, 6.45) is 1.20. The number of amides is 1. The van der Waals surface area contributed by atoms with Gasteiger partial charge in [0.1, 0.15) is 12.2 Å². The van der Waals surface area contributed by atoms with Crippen molar-refractivity contribution in [1.29, 1.82) is 0 Å². The zero-order chi connectivity index (χ0) is 14.0. The van der Waals surface area contributed by atoms with Gasteiger partial charge in [-0.15, -0.1) is 0 Å². The second kappa shape index (κ2) is 5.69. The summed E-state index contributed by atoms with van der Waals surface area (Å²) in [7, 11) is 0. The van der Waals surface area contributed by atoms with E-state index in [1.807, 2.05) is 11.8 Å². The van der Waals surface area contributed by atoms with Gasteiger partial charge in [0.2, 0.25) is 0 Å². The van der Waals surface area contributed by atoms with E-state index in [1.165, 1.54) is 6.26 Å². The predicted octanol–water partition coefficient (Wildman–Crippen LogP) is 1.79. The Kier molecular flexibility index (Phi) is 4.19. The van der Waals surface area contributed by atoms with Gasteiger partial charge in [-0.25, -0.2) is 0 Å². The molecule has 0 aromatic carbocycles. The summed E-state index contributed by atoms with van der Waals surface area (Å²) in [6.45, 7) is 5.25. The molecule has 1 N–H and O–H groups in total. The highest BCUT2D eigenvalue weighted by Gasteiger charge is 2.27. The highest BCUT2D eigenvalue weighted by atomic mass is 32.2. The van der Waals surface area contributed by atoms with E-state index in [2.05, 4.69) is 6.92 Å². The van der Waals surface area contributed by atoms with E-state index in [1.54, 1.807) is 11.8 Å². The maximum atomic E-state index is 12.5. The molecule has 0 aliphatic carbocycles. The number of carboxylic acid groups (broad SMARTS) is 1. The van der Waals surface area contributed by atoms with E-state index >= 15 is 0 Å². The van der Waals surface area contributed by atoms with Crippen LogP contribution in [-0.4, -0.2) is 46.0 Å². The summed E-state index contributed by atoms with van der Waals surface area (Å²) >= 11 is 1.84. The molecule has 1 aliphatic heterocycles. The van der Waals surface area contributed by atoms with Crippen molar-refractivity contribution in [2.75, 3.05) is 18.8 Å². The van der Waals surface area contributed by atoms with Gasteiger partial charge in [0.25, 0.3) is 5.91 Å². The van der Waals surface area contributed by atoms with E-state index < -0.39 is 5.97 Å². The standard InChI is InChI=1S/C13H17NO4S/c1-8-7-18-10(5-11(15)16)12(8)13(17)14-3-4-19-9(2)6-14/h7,9H,3-6H2,1-2H3,(H,15,16). The molecule has 0 radical (unpaired) electrons. The minimum absolute atomic E-state index is 0.116. The van der Waals surface area contributed by atoms with Crippen molar-refractivity contribution in [2.45, 2.75) is 25.5 Å². The normalized spacial score (nSPS) is 19.5. The van der Waals surface area contributed by atoms with Crippen LogP contribution in [0.25, 0.3) is 0 Å². The lowest BCUT2D eigenvalue weighted by atomic mass is 10.1. The van der Waals surface area contributed by atoms with Gasteiger partial charge in [0.15, 0.2) is 0 Å². The topological polar surface area (TPSA) is 70.7 Å². The van der Waals surface area contributed by atoms with Gasteiger partial charge in [-0.2, -0.15) is 11.8 Å². The third-order valence-electron chi connectivity index (χ3n) is 3.11. The molecule has 104 valence electrons. The number of carbonyl (C=O) groups excluding carboxylic acids is 1. The first-order valence-corrected chi connectivity index (χ1v) is 7.23. The number of carboxylic acids is 1. The molecular weight excluding hydrogens is 266 g/mol. The molecule has 0 spiro atoms. The highest BCUT2D eigenvalue weighted by Crippen LogP contribution is 2.23. The molecule has 6 heteroatoms. The predicted molar refractivity (Wildman–Crippen MR) is 72.6 cm³/mol. The van der Waals surface area contributed by atoms with E-state index in [0.717, 1.165) is 5.75 Å². The number of hydrogen-bond donors (Lipinski definition) is 1. The van der Waals surface area contributed by atoms with E-state index in [9.17, 15) is 9.59 Å². The van der Waals surface area contributed by atoms with Crippen LogP contribution in [0.5, 0.6) is 0 Å². The Balaban J connectivity index is 2.22. The molecule has 1 saturated heterocycles. The molecule has 1 aliphatic rings. The number of thioether (sulfide) groups is 1. The van der Waals surface area contributed by atoms with E-state index in [-0.39, 0.29) is 18.1 Å². The van der Waals surface area contributed by atoms with Crippen molar-refractivity contribution in [2.24, 2.45) is 0 Å². The number of hydrogen-bond acceptors (Lipinski definition) is 4. The summed E-state index contributed by atoms with van der Waals surface area (Å²) in [5.74, 6) is 0.0550. The first-order chi connectivity index (χ1) is 8.99. The number of nitrogens with zero attached hydrogens (tertiary/aromatic N) is 1. The van der Waals surface area contributed by atoms with Crippen LogP contribution in [0.2, 0.25) is 0 Å². The minimum Gasteiger partial charge on any atom is -0.481 e. The average molecular weight is 283 g/mol. The van der Waals surface area contributed by atoms with Gasteiger partial charge in [0.05, 0.1) is 11.8 Å². The Hall–Kier alpha value is -1.43. The minimum atomic E-state index is -0.994. The fraction of sp³-hybridized carbons (Fsp3) is 0.538. The largest absolute Gasteiger partial charge is 0.481 e. The van der Waals surface area contributed by atoms with Crippen molar-refractivity contribution >= 4 is 23.6 Å². The summed E-state index contributed by atoms with van der Waals surface area (Å²) < 4.78 is 5.21. The van der Waals surface area contributed by atoms with Crippen molar-refractivity contribution < 1.29 is 19.1 Å². The molecule has 1 amide bonds. The SMILES string of the molecule is Cc1coc(CC(=O)O)c1C(=O)N1CCSC(C)C1. The van der Waals surface area contributed by atoms with Gasteiger partial charge in [-0.3, -0.25) is 9.59 Å². The van der Waals surface area contributed by atoms with Gasteiger partial charge in [-0.05, 0) is 6.92 Å². The number of aliphatic carboxylic acids is 1. The van der Waals surface area contributed by atoms with Gasteiger partial charge >= 0.3 is 5.97 Å². The molecule has 2 heterocycles. The molecule has 1 fully saturated rings. The molecule has 0 saturated carbocycles. The lowest BCUT2D eigenvalue weighted by molar-refractivity contribution is -0.136. The first kappa shape index (κ1) is 14.0. The summed E-state index contributed by atoms with van der Waals surface area (Å²) in [6, 6.07) is 0. The zero-order valence-corrected chi connectivity index (χ0v) is 11.8. The molecule has 2 rings (SSSR count). The summed E-state index contributed by atoms with van der Waals surface area (Å²) in [5.41, 5.74) is 1.12. The zero-order valence-electron chi connectivity index (χ0n) is 11.0. The van der Waals surface area contributed by atoms with Gasteiger partial charge < -0.3 is 14.4 Å². The second-order valence-electron chi connectivity index (χ2n) is 4.72. The highest BCUT2D eigenvalue weighted by molar-refractivity contribution is 7.99. The molecule has 0 bridgehead atoms. The van der Waals surface area contributed by atoms with Crippen LogP contribution in [0.4, 0.5) is 0 Å².